The van der Waals surface area contributed by atoms with Gasteiger partial charge in [-0.15, -0.1) is 12.4 Å². The Balaban J connectivity index is 0.000000845. The van der Waals surface area contributed by atoms with Crippen molar-refractivity contribution in [3.05, 3.63) is 0 Å². The average molecular weight is 206 g/mol. The Hall–Kier alpha value is -0.320. The summed E-state index contributed by atoms with van der Waals surface area (Å²) in [7, 11) is 0. The molecule has 3 unspecified atom stereocenters. The number of halogens is 1. The maximum absolute atomic E-state index is 11.2. The highest BCUT2D eigenvalue weighted by Crippen LogP contribution is 2.41. The van der Waals surface area contributed by atoms with Crippen molar-refractivity contribution in [2.75, 3.05) is 13.1 Å². The monoisotopic (exact) mass is 205 g/mol. The fraction of sp³-hybridized carbons (Fsp3) is 0.875. The molecule has 0 aromatic heterocycles. The van der Waals surface area contributed by atoms with Crippen LogP contribution in [0, 0.1) is 11.8 Å². The van der Waals surface area contributed by atoms with E-state index in [1.54, 1.807) is 6.92 Å². The second-order valence-corrected chi connectivity index (χ2v) is 3.81. The van der Waals surface area contributed by atoms with Gasteiger partial charge in [0.15, 0.2) is 0 Å². The van der Waals surface area contributed by atoms with Crippen LogP contribution < -0.4 is 16.4 Å². The summed E-state index contributed by atoms with van der Waals surface area (Å²) in [4.78, 5) is 11.2. The van der Waals surface area contributed by atoms with Crippen LogP contribution in [-0.2, 0) is 4.79 Å². The number of hydrogen-bond acceptors (Lipinski definition) is 3. The van der Waals surface area contributed by atoms with Gasteiger partial charge in [0.05, 0.1) is 6.04 Å². The Labute approximate surface area is 84.0 Å². The van der Waals surface area contributed by atoms with Crippen LogP contribution in [-0.4, -0.2) is 31.1 Å². The number of hydrogen-bond donors (Lipinski definition) is 3. The number of fused-ring (bicyclic) bond motifs is 1. The predicted molar refractivity (Wildman–Crippen MR) is 52.7 cm³/mol. The van der Waals surface area contributed by atoms with Crippen LogP contribution in [0.4, 0.5) is 0 Å². The normalized spacial score (nSPS) is 37.2. The molecule has 1 aliphatic carbocycles. The van der Waals surface area contributed by atoms with Crippen LogP contribution in [0.2, 0.25) is 0 Å². The third-order valence-electron chi connectivity index (χ3n) is 2.81. The van der Waals surface area contributed by atoms with Crippen LogP contribution >= 0.6 is 12.4 Å². The summed E-state index contributed by atoms with van der Waals surface area (Å²) in [5.74, 6) is 1.33. The fourth-order valence-corrected chi connectivity index (χ4v) is 1.93. The van der Waals surface area contributed by atoms with Gasteiger partial charge in [-0.1, -0.05) is 0 Å². The lowest BCUT2D eigenvalue weighted by Crippen LogP contribution is -2.41. The molecule has 0 bridgehead atoms. The van der Waals surface area contributed by atoms with E-state index >= 15 is 0 Å². The third kappa shape index (κ3) is 1.95. The van der Waals surface area contributed by atoms with E-state index in [4.69, 9.17) is 5.73 Å². The molecular weight excluding hydrogens is 190 g/mol. The lowest BCUT2D eigenvalue weighted by atomic mass is 10.3. The Morgan fingerprint density at radius 2 is 2.08 bits per heavy atom. The van der Waals surface area contributed by atoms with Gasteiger partial charge < -0.3 is 16.4 Å². The summed E-state index contributed by atoms with van der Waals surface area (Å²) in [5.41, 5.74) is 5.43. The summed E-state index contributed by atoms with van der Waals surface area (Å²) < 4.78 is 0. The molecule has 5 heteroatoms. The van der Waals surface area contributed by atoms with Crippen molar-refractivity contribution in [3.8, 4) is 0 Å². The molecular formula is C8H16ClN3O. The number of piperidine rings is 1. The maximum atomic E-state index is 11.2. The highest BCUT2D eigenvalue weighted by atomic mass is 35.5. The molecule has 1 aliphatic heterocycles. The topological polar surface area (TPSA) is 67.2 Å². The van der Waals surface area contributed by atoms with Gasteiger partial charge in [0.1, 0.15) is 0 Å². The molecule has 2 aliphatic rings. The molecule has 1 saturated carbocycles. The van der Waals surface area contributed by atoms with E-state index in [1.807, 2.05) is 0 Å². The molecule has 1 amide bonds. The minimum atomic E-state index is -0.376. The molecule has 76 valence electrons. The minimum absolute atomic E-state index is 0. The summed E-state index contributed by atoms with van der Waals surface area (Å²) in [5, 5.41) is 6.22. The van der Waals surface area contributed by atoms with Gasteiger partial charge in [-0.25, -0.2) is 0 Å². The number of carbonyl (C=O) groups is 1. The van der Waals surface area contributed by atoms with Crippen LogP contribution in [0.25, 0.3) is 0 Å². The molecule has 4 N–H and O–H groups in total. The Kier molecular flexibility index (Phi) is 3.16. The zero-order valence-electron chi connectivity index (χ0n) is 7.62. The first kappa shape index (κ1) is 10.8. The van der Waals surface area contributed by atoms with Gasteiger partial charge in [0.2, 0.25) is 5.91 Å². The van der Waals surface area contributed by atoms with Gasteiger partial charge in [0, 0.05) is 19.1 Å². The lowest BCUT2D eigenvalue weighted by Gasteiger charge is -2.09. The lowest BCUT2D eigenvalue weighted by molar-refractivity contribution is -0.122. The number of rotatable bonds is 2. The van der Waals surface area contributed by atoms with Crippen molar-refractivity contribution in [1.82, 2.24) is 10.6 Å². The van der Waals surface area contributed by atoms with Crippen LogP contribution in [0.1, 0.15) is 6.92 Å². The van der Waals surface area contributed by atoms with Gasteiger partial charge >= 0.3 is 0 Å². The fourth-order valence-electron chi connectivity index (χ4n) is 1.93. The number of nitrogens with one attached hydrogen (secondary N) is 2. The van der Waals surface area contributed by atoms with Crippen molar-refractivity contribution in [1.29, 1.82) is 0 Å². The predicted octanol–water partition coefficient (Wildman–Crippen LogP) is -0.911. The van der Waals surface area contributed by atoms with Gasteiger partial charge in [-0.05, 0) is 18.8 Å². The largest absolute Gasteiger partial charge is 0.351 e. The van der Waals surface area contributed by atoms with Gasteiger partial charge in [0.25, 0.3) is 0 Å². The Bertz CT molecular complexity index is 200. The zero-order chi connectivity index (χ0) is 8.72. The van der Waals surface area contributed by atoms with Crippen molar-refractivity contribution < 1.29 is 4.79 Å². The first-order valence-corrected chi connectivity index (χ1v) is 4.47. The Morgan fingerprint density at radius 1 is 1.54 bits per heavy atom. The highest BCUT2D eigenvalue weighted by Gasteiger charge is 2.53. The molecule has 0 spiro atoms. The summed E-state index contributed by atoms with van der Waals surface area (Å²) in [6.45, 7) is 3.81. The van der Waals surface area contributed by atoms with Gasteiger partial charge in [-0.2, -0.15) is 0 Å². The molecule has 4 nitrogen and oxygen atoms in total. The van der Waals surface area contributed by atoms with E-state index in [1.165, 1.54) is 0 Å². The van der Waals surface area contributed by atoms with E-state index < -0.39 is 0 Å². The Morgan fingerprint density at radius 3 is 2.54 bits per heavy atom. The number of nitrogens with two attached hydrogens (primary N) is 1. The third-order valence-corrected chi connectivity index (χ3v) is 2.81. The second-order valence-electron chi connectivity index (χ2n) is 3.81. The molecule has 2 rings (SSSR count). The molecule has 13 heavy (non-hydrogen) atoms. The minimum Gasteiger partial charge on any atom is -0.351 e. The van der Waals surface area contributed by atoms with Crippen LogP contribution in [0.15, 0.2) is 0 Å². The van der Waals surface area contributed by atoms with Crippen molar-refractivity contribution in [2.24, 2.45) is 17.6 Å². The van der Waals surface area contributed by atoms with Crippen LogP contribution in [0.5, 0.6) is 0 Å². The molecule has 1 heterocycles. The van der Waals surface area contributed by atoms with Crippen LogP contribution in [0.3, 0.4) is 0 Å². The molecule has 0 aromatic carbocycles. The SMILES string of the molecule is CC(N)C(=O)NC1C2CNCC21.Cl. The first-order valence-electron chi connectivity index (χ1n) is 4.47. The second kappa shape index (κ2) is 3.82. The number of carbonyl (C=O) groups excluding carboxylic acids is 1. The van der Waals surface area contributed by atoms with E-state index in [0.717, 1.165) is 13.1 Å². The summed E-state index contributed by atoms with van der Waals surface area (Å²) in [6, 6.07) is 0.0315. The molecule has 1 saturated heterocycles. The van der Waals surface area contributed by atoms with E-state index in [9.17, 15) is 4.79 Å². The van der Waals surface area contributed by atoms with Gasteiger partial charge in [-0.3, -0.25) is 4.79 Å². The molecule has 0 aromatic rings. The molecule has 0 radical (unpaired) electrons. The summed E-state index contributed by atoms with van der Waals surface area (Å²) >= 11 is 0. The maximum Gasteiger partial charge on any atom is 0.236 e. The van der Waals surface area contributed by atoms with E-state index in [2.05, 4.69) is 10.6 Å². The first-order chi connectivity index (χ1) is 5.70. The van der Waals surface area contributed by atoms with E-state index in [0.29, 0.717) is 17.9 Å². The van der Waals surface area contributed by atoms with E-state index in [-0.39, 0.29) is 24.4 Å². The quantitative estimate of drug-likeness (QED) is 0.547. The number of amides is 1. The molecule has 2 fully saturated rings. The zero-order valence-corrected chi connectivity index (χ0v) is 8.43. The van der Waals surface area contributed by atoms with Crippen molar-refractivity contribution >= 4 is 18.3 Å². The average Bonchev–Trinajstić information content (AvgIpc) is 2.46. The smallest absolute Gasteiger partial charge is 0.236 e. The summed E-state index contributed by atoms with van der Waals surface area (Å²) in [6.07, 6.45) is 0. The highest BCUT2D eigenvalue weighted by molar-refractivity contribution is 5.85. The van der Waals surface area contributed by atoms with Crippen molar-refractivity contribution in [3.63, 3.8) is 0 Å². The standard InChI is InChI=1S/C8H15N3O.ClH/c1-4(9)8(12)11-7-5-2-10-3-6(5)7;/h4-7,10H,2-3,9H2,1H3,(H,11,12);1H. The molecule has 3 atom stereocenters. The van der Waals surface area contributed by atoms with Crippen molar-refractivity contribution in [2.45, 2.75) is 19.0 Å².